The van der Waals surface area contributed by atoms with E-state index in [2.05, 4.69) is 26.6 Å². The summed E-state index contributed by atoms with van der Waals surface area (Å²) >= 11 is 3.11. The first-order valence-electron chi connectivity index (χ1n) is 7.04. The van der Waals surface area contributed by atoms with Gasteiger partial charge in [0.05, 0.1) is 6.54 Å². The maximum Gasteiger partial charge on any atom is 0.287 e. The van der Waals surface area contributed by atoms with E-state index in [9.17, 15) is 14.4 Å². The van der Waals surface area contributed by atoms with Crippen LogP contribution in [0.25, 0.3) is 0 Å². The predicted molar refractivity (Wildman–Crippen MR) is 82.2 cm³/mol. The van der Waals surface area contributed by atoms with Gasteiger partial charge in [-0.25, -0.2) is 0 Å². The standard InChI is InChI=1S/C14H18BrN3O4/c1-9(19)18-6-4-10(5-7-18)17-13(20)8-16-14(21)11-2-3-12(15)22-11/h2-3,10H,4-8H2,1H3,(H,16,21)(H,17,20). The van der Waals surface area contributed by atoms with Crippen molar-refractivity contribution in [3.05, 3.63) is 22.6 Å². The number of carbonyl (C=O) groups excluding carboxylic acids is 3. The van der Waals surface area contributed by atoms with Crippen molar-refractivity contribution in [2.45, 2.75) is 25.8 Å². The van der Waals surface area contributed by atoms with E-state index >= 15 is 0 Å². The number of piperidine rings is 1. The number of hydrogen-bond donors (Lipinski definition) is 2. The maximum atomic E-state index is 11.8. The molecule has 0 saturated carbocycles. The second kappa shape index (κ2) is 7.44. The zero-order chi connectivity index (χ0) is 16.1. The summed E-state index contributed by atoms with van der Waals surface area (Å²) in [5.74, 6) is -0.483. The van der Waals surface area contributed by atoms with Crippen LogP contribution >= 0.6 is 15.9 Å². The summed E-state index contributed by atoms with van der Waals surface area (Å²) in [5, 5.41) is 5.36. The van der Waals surface area contributed by atoms with Crippen LogP contribution in [0.3, 0.4) is 0 Å². The third kappa shape index (κ3) is 4.59. The van der Waals surface area contributed by atoms with Crippen LogP contribution in [0, 0.1) is 0 Å². The number of nitrogens with one attached hydrogen (secondary N) is 2. The van der Waals surface area contributed by atoms with Gasteiger partial charge in [-0.2, -0.15) is 0 Å². The molecule has 0 radical (unpaired) electrons. The minimum atomic E-state index is -0.438. The molecule has 2 rings (SSSR count). The van der Waals surface area contributed by atoms with Crippen molar-refractivity contribution in [2.24, 2.45) is 0 Å². The van der Waals surface area contributed by atoms with Gasteiger partial charge in [-0.3, -0.25) is 14.4 Å². The molecule has 1 fully saturated rings. The minimum Gasteiger partial charge on any atom is -0.444 e. The normalized spacial score (nSPS) is 15.5. The van der Waals surface area contributed by atoms with Crippen molar-refractivity contribution < 1.29 is 18.8 Å². The van der Waals surface area contributed by atoms with E-state index in [0.717, 1.165) is 12.8 Å². The first-order chi connectivity index (χ1) is 10.5. The molecule has 7 nitrogen and oxygen atoms in total. The zero-order valence-corrected chi connectivity index (χ0v) is 13.8. The second-order valence-corrected chi connectivity index (χ2v) is 5.92. The van der Waals surface area contributed by atoms with Crippen molar-refractivity contribution in [1.29, 1.82) is 0 Å². The molecule has 0 spiro atoms. The molecule has 1 aromatic heterocycles. The van der Waals surface area contributed by atoms with E-state index in [1.165, 1.54) is 6.07 Å². The van der Waals surface area contributed by atoms with Crippen LogP contribution < -0.4 is 10.6 Å². The van der Waals surface area contributed by atoms with Gasteiger partial charge in [0.2, 0.25) is 11.8 Å². The topological polar surface area (TPSA) is 91.7 Å². The third-order valence-corrected chi connectivity index (χ3v) is 3.94. The fourth-order valence-corrected chi connectivity index (χ4v) is 2.61. The Hall–Kier alpha value is -1.83. The first kappa shape index (κ1) is 16.5. The zero-order valence-electron chi connectivity index (χ0n) is 12.2. The molecule has 0 atom stereocenters. The van der Waals surface area contributed by atoms with Gasteiger partial charge in [-0.05, 0) is 40.9 Å². The number of amides is 3. The average molecular weight is 372 g/mol. The van der Waals surface area contributed by atoms with E-state index in [-0.39, 0.29) is 30.2 Å². The summed E-state index contributed by atoms with van der Waals surface area (Å²) in [7, 11) is 0. The fourth-order valence-electron chi connectivity index (χ4n) is 2.30. The molecule has 0 unspecified atom stereocenters. The molecule has 1 saturated heterocycles. The number of hydrogen-bond acceptors (Lipinski definition) is 4. The average Bonchev–Trinajstić information content (AvgIpc) is 2.92. The lowest BCUT2D eigenvalue weighted by Gasteiger charge is -2.31. The van der Waals surface area contributed by atoms with Crippen LogP contribution in [0.1, 0.15) is 30.3 Å². The van der Waals surface area contributed by atoms with Crippen LogP contribution in [0.5, 0.6) is 0 Å². The molecule has 3 amide bonds. The van der Waals surface area contributed by atoms with Gasteiger partial charge in [-0.1, -0.05) is 0 Å². The molecule has 120 valence electrons. The Bertz CT molecular complexity index is 564. The molecule has 2 N–H and O–H groups in total. The highest BCUT2D eigenvalue weighted by Gasteiger charge is 2.22. The van der Waals surface area contributed by atoms with Gasteiger partial charge in [-0.15, -0.1) is 0 Å². The lowest BCUT2D eigenvalue weighted by Crippen LogP contribution is -2.48. The molecule has 1 aliphatic heterocycles. The fraction of sp³-hybridized carbons (Fsp3) is 0.500. The Morgan fingerprint density at radius 1 is 1.32 bits per heavy atom. The Morgan fingerprint density at radius 3 is 2.55 bits per heavy atom. The monoisotopic (exact) mass is 371 g/mol. The molecule has 2 heterocycles. The van der Waals surface area contributed by atoms with E-state index in [0.29, 0.717) is 17.8 Å². The van der Waals surface area contributed by atoms with Gasteiger partial charge in [0.25, 0.3) is 5.91 Å². The first-order valence-corrected chi connectivity index (χ1v) is 7.83. The number of rotatable bonds is 4. The van der Waals surface area contributed by atoms with Crippen molar-refractivity contribution >= 4 is 33.7 Å². The Kier molecular flexibility index (Phi) is 5.59. The largest absolute Gasteiger partial charge is 0.444 e. The van der Waals surface area contributed by atoms with Crippen molar-refractivity contribution in [1.82, 2.24) is 15.5 Å². The van der Waals surface area contributed by atoms with Gasteiger partial charge in [0, 0.05) is 26.1 Å². The minimum absolute atomic E-state index is 0.0396. The summed E-state index contributed by atoms with van der Waals surface area (Å²) in [6.45, 7) is 2.73. The van der Waals surface area contributed by atoms with E-state index in [1.54, 1.807) is 17.9 Å². The Balaban J connectivity index is 1.70. The molecule has 0 aromatic carbocycles. The molecule has 1 aliphatic rings. The van der Waals surface area contributed by atoms with E-state index in [4.69, 9.17) is 4.42 Å². The van der Waals surface area contributed by atoms with Crippen LogP contribution in [-0.4, -0.2) is 48.3 Å². The van der Waals surface area contributed by atoms with Gasteiger partial charge >= 0.3 is 0 Å². The highest BCUT2D eigenvalue weighted by atomic mass is 79.9. The maximum absolute atomic E-state index is 11.8. The van der Waals surface area contributed by atoms with Crippen LogP contribution in [0.2, 0.25) is 0 Å². The molecular weight excluding hydrogens is 354 g/mol. The Morgan fingerprint density at radius 2 is 2.00 bits per heavy atom. The Labute approximate surface area is 136 Å². The summed E-state index contributed by atoms with van der Waals surface area (Å²) in [5.41, 5.74) is 0. The van der Waals surface area contributed by atoms with Crippen molar-refractivity contribution in [3.8, 4) is 0 Å². The summed E-state index contributed by atoms with van der Waals surface area (Å²) in [6, 6.07) is 3.17. The van der Waals surface area contributed by atoms with Crippen molar-refractivity contribution in [3.63, 3.8) is 0 Å². The number of carbonyl (C=O) groups is 3. The highest BCUT2D eigenvalue weighted by molar-refractivity contribution is 9.10. The number of nitrogens with zero attached hydrogens (tertiary/aromatic N) is 1. The van der Waals surface area contributed by atoms with Gasteiger partial charge in [0.15, 0.2) is 10.4 Å². The highest BCUT2D eigenvalue weighted by Crippen LogP contribution is 2.13. The van der Waals surface area contributed by atoms with Crippen LogP contribution in [-0.2, 0) is 9.59 Å². The van der Waals surface area contributed by atoms with Crippen LogP contribution in [0.15, 0.2) is 21.2 Å². The van der Waals surface area contributed by atoms with E-state index < -0.39 is 5.91 Å². The summed E-state index contributed by atoms with van der Waals surface area (Å²) in [6.07, 6.45) is 1.45. The molecule has 0 bridgehead atoms. The molecule has 0 aliphatic carbocycles. The van der Waals surface area contributed by atoms with Crippen LogP contribution in [0.4, 0.5) is 0 Å². The quantitative estimate of drug-likeness (QED) is 0.822. The summed E-state index contributed by atoms with van der Waals surface area (Å²) in [4.78, 5) is 36.5. The molecular formula is C14H18BrN3O4. The van der Waals surface area contributed by atoms with E-state index in [1.807, 2.05) is 0 Å². The summed E-state index contributed by atoms with van der Waals surface area (Å²) < 4.78 is 5.55. The molecule has 1 aromatic rings. The predicted octanol–water partition coefficient (Wildman–Crippen LogP) is 0.899. The second-order valence-electron chi connectivity index (χ2n) is 5.13. The number of halogens is 1. The number of furan rings is 1. The molecule has 8 heteroatoms. The molecule has 22 heavy (non-hydrogen) atoms. The SMILES string of the molecule is CC(=O)N1CCC(NC(=O)CNC(=O)c2ccc(Br)o2)CC1. The van der Waals surface area contributed by atoms with Gasteiger partial charge < -0.3 is 20.0 Å². The van der Waals surface area contributed by atoms with Gasteiger partial charge in [0.1, 0.15) is 0 Å². The third-order valence-electron chi connectivity index (χ3n) is 3.51. The smallest absolute Gasteiger partial charge is 0.287 e. The lowest BCUT2D eigenvalue weighted by atomic mass is 10.1. The lowest BCUT2D eigenvalue weighted by molar-refractivity contribution is -0.130. The number of likely N-dealkylation sites (tertiary alicyclic amines) is 1. The van der Waals surface area contributed by atoms with Crippen molar-refractivity contribution in [2.75, 3.05) is 19.6 Å².